The summed E-state index contributed by atoms with van der Waals surface area (Å²) in [6.07, 6.45) is 1.64. The number of carbonyl (C=O) groups excluding carboxylic acids is 3. The van der Waals surface area contributed by atoms with Crippen LogP contribution in [0.4, 0.5) is 10.5 Å². The second-order valence-electron chi connectivity index (χ2n) is 8.39. The molecule has 0 aromatic heterocycles. The first-order valence-corrected chi connectivity index (χ1v) is 12.0. The minimum atomic E-state index is -0.342. The first-order valence-electron chi connectivity index (χ1n) is 11.2. The van der Waals surface area contributed by atoms with Gasteiger partial charge in [-0.2, -0.15) is 0 Å². The topological polar surface area (TPSA) is 75.7 Å². The third-order valence-electron chi connectivity index (χ3n) is 5.68. The Kier molecular flexibility index (Phi) is 7.36. The zero-order valence-corrected chi connectivity index (χ0v) is 20.6. The molecule has 0 aliphatic carbocycles. The number of hydrogen-bond acceptors (Lipinski definition) is 5. The van der Waals surface area contributed by atoms with Crippen LogP contribution in [-0.4, -0.2) is 28.6 Å². The van der Waals surface area contributed by atoms with Gasteiger partial charge in [0.2, 0.25) is 0 Å². The maximum atomic E-state index is 13.0. The van der Waals surface area contributed by atoms with Crippen LogP contribution in [-0.2, 0) is 16.1 Å². The molecule has 1 N–H and O–H groups in total. The van der Waals surface area contributed by atoms with Crippen LogP contribution in [0.15, 0.2) is 71.6 Å². The average Bonchev–Trinajstić information content (AvgIpc) is 3.09. The Balaban J connectivity index is 1.45. The highest BCUT2D eigenvalue weighted by molar-refractivity contribution is 8.18. The SMILES string of the molecule is Cc1ccc(NC(=O)COc2ccccc2/C=C2\SC(=O)N(Cc3ccccc3C)C2=O)c(C)c1. The summed E-state index contributed by atoms with van der Waals surface area (Å²) >= 11 is 0.903. The number of nitrogens with zero attached hydrogens (tertiary/aromatic N) is 1. The van der Waals surface area contributed by atoms with E-state index in [0.29, 0.717) is 16.2 Å². The molecule has 7 heteroatoms. The molecule has 0 unspecified atom stereocenters. The number of amides is 3. The number of benzene rings is 3. The molecule has 1 aliphatic rings. The van der Waals surface area contributed by atoms with Gasteiger partial charge in [-0.1, -0.05) is 60.2 Å². The van der Waals surface area contributed by atoms with Crippen LogP contribution >= 0.6 is 11.8 Å². The summed E-state index contributed by atoms with van der Waals surface area (Å²) in [5.41, 5.74) is 5.39. The van der Waals surface area contributed by atoms with Crippen molar-refractivity contribution in [1.82, 2.24) is 4.90 Å². The number of nitrogens with one attached hydrogen (secondary N) is 1. The predicted octanol–water partition coefficient (Wildman–Crippen LogP) is 5.87. The number of thioether (sulfide) groups is 1. The van der Waals surface area contributed by atoms with E-state index in [-0.39, 0.29) is 30.2 Å². The number of rotatable bonds is 7. The van der Waals surface area contributed by atoms with E-state index in [1.54, 1.807) is 24.3 Å². The van der Waals surface area contributed by atoms with E-state index in [1.807, 2.05) is 69.3 Å². The summed E-state index contributed by atoms with van der Waals surface area (Å²) in [5, 5.41) is 2.55. The zero-order valence-electron chi connectivity index (χ0n) is 19.8. The van der Waals surface area contributed by atoms with Crippen LogP contribution in [0, 0.1) is 20.8 Å². The van der Waals surface area contributed by atoms with Crippen LogP contribution < -0.4 is 10.1 Å². The fourth-order valence-electron chi connectivity index (χ4n) is 3.75. The molecule has 0 spiro atoms. The molecule has 35 heavy (non-hydrogen) atoms. The van der Waals surface area contributed by atoms with E-state index in [0.717, 1.165) is 39.7 Å². The molecule has 1 heterocycles. The molecule has 3 aromatic rings. The fraction of sp³-hybridized carbons (Fsp3) is 0.179. The standard InChI is InChI=1S/C28H26N2O4S/c1-18-12-13-23(20(3)14-18)29-26(31)17-34-24-11-7-6-9-21(24)15-25-27(32)30(28(33)35-25)16-22-10-5-4-8-19(22)2/h4-15H,16-17H2,1-3H3,(H,29,31)/b25-15-. The second kappa shape index (κ2) is 10.6. The molecule has 0 atom stereocenters. The summed E-state index contributed by atoms with van der Waals surface area (Å²) in [5.74, 6) is -0.176. The van der Waals surface area contributed by atoms with Crippen molar-refractivity contribution in [3.8, 4) is 5.75 Å². The summed E-state index contributed by atoms with van der Waals surface area (Å²) in [4.78, 5) is 39.6. The third-order valence-corrected chi connectivity index (χ3v) is 6.59. The fourth-order valence-corrected chi connectivity index (χ4v) is 4.58. The minimum absolute atomic E-state index is 0.188. The average molecular weight is 487 g/mol. The van der Waals surface area contributed by atoms with Crippen molar-refractivity contribution in [3.05, 3.63) is 99.5 Å². The van der Waals surface area contributed by atoms with Crippen molar-refractivity contribution in [2.75, 3.05) is 11.9 Å². The van der Waals surface area contributed by atoms with Gasteiger partial charge in [0.05, 0.1) is 11.4 Å². The van der Waals surface area contributed by atoms with Crippen molar-refractivity contribution < 1.29 is 19.1 Å². The summed E-state index contributed by atoms with van der Waals surface area (Å²) < 4.78 is 5.77. The van der Waals surface area contributed by atoms with Gasteiger partial charge in [-0.15, -0.1) is 0 Å². The third kappa shape index (κ3) is 5.81. The van der Waals surface area contributed by atoms with Crippen molar-refractivity contribution in [3.63, 3.8) is 0 Å². The van der Waals surface area contributed by atoms with Crippen molar-refractivity contribution in [2.24, 2.45) is 0 Å². The molecule has 0 radical (unpaired) electrons. The van der Waals surface area contributed by atoms with Crippen LogP contribution in [0.3, 0.4) is 0 Å². The Morgan fingerprint density at radius 3 is 2.49 bits per heavy atom. The Hall–Kier alpha value is -3.84. The van der Waals surface area contributed by atoms with E-state index >= 15 is 0 Å². The molecular weight excluding hydrogens is 460 g/mol. The molecule has 3 aromatic carbocycles. The van der Waals surface area contributed by atoms with E-state index < -0.39 is 0 Å². The summed E-state index contributed by atoms with van der Waals surface area (Å²) in [7, 11) is 0. The van der Waals surface area contributed by atoms with Crippen LogP contribution in [0.25, 0.3) is 6.08 Å². The Morgan fingerprint density at radius 2 is 1.71 bits per heavy atom. The summed E-state index contributed by atoms with van der Waals surface area (Å²) in [6, 6.07) is 20.6. The Bertz CT molecular complexity index is 1330. The van der Waals surface area contributed by atoms with Gasteiger partial charge >= 0.3 is 0 Å². The highest BCUT2D eigenvalue weighted by atomic mass is 32.2. The smallest absolute Gasteiger partial charge is 0.293 e. The Labute approximate surface area is 209 Å². The molecule has 0 saturated carbocycles. The van der Waals surface area contributed by atoms with E-state index in [2.05, 4.69) is 5.32 Å². The quantitative estimate of drug-likeness (QED) is 0.423. The molecule has 1 fully saturated rings. The molecule has 4 rings (SSSR count). The van der Waals surface area contributed by atoms with E-state index in [9.17, 15) is 14.4 Å². The lowest BCUT2D eigenvalue weighted by Crippen LogP contribution is -2.27. The molecule has 1 aliphatic heterocycles. The number of anilines is 1. The van der Waals surface area contributed by atoms with Gasteiger partial charge < -0.3 is 10.1 Å². The molecule has 6 nitrogen and oxygen atoms in total. The normalized spacial score (nSPS) is 14.5. The highest BCUT2D eigenvalue weighted by Crippen LogP contribution is 2.35. The molecule has 178 valence electrons. The van der Waals surface area contributed by atoms with Crippen molar-refractivity contribution in [2.45, 2.75) is 27.3 Å². The number of aryl methyl sites for hydroxylation is 3. The molecular formula is C28H26N2O4S. The van der Waals surface area contributed by atoms with Gasteiger partial charge in [-0.3, -0.25) is 19.3 Å². The van der Waals surface area contributed by atoms with Crippen molar-refractivity contribution >= 4 is 40.6 Å². The number of para-hydroxylation sites is 1. The number of carbonyl (C=O) groups is 3. The predicted molar refractivity (Wildman–Crippen MR) is 139 cm³/mol. The van der Waals surface area contributed by atoms with Gasteiger partial charge in [0, 0.05) is 11.3 Å². The Morgan fingerprint density at radius 1 is 0.971 bits per heavy atom. The maximum Gasteiger partial charge on any atom is 0.293 e. The number of ether oxygens (including phenoxy) is 1. The lowest BCUT2D eigenvalue weighted by molar-refractivity contribution is -0.123. The maximum absolute atomic E-state index is 13.0. The highest BCUT2D eigenvalue weighted by Gasteiger charge is 2.35. The lowest BCUT2D eigenvalue weighted by Gasteiger charge is -2.14. The van der Waals surface area contributed by atoms with Crippen molar-refractivity contribution in [1.29, 1.82) is 0 Å². The van der Waals surface area contributed by atoms with Crippen LogP contribution in [0.2, 0.25) is 0 Å². The number of imide groups is 1. The van der Waals surface area contributed by atoms with Gasteiger partial charge in [0.1, 0.15) is 5.75 Å². The van der Waals surface area contributed by atoms with Gasteiger partial charge in [0.25, 0.3) is 17.1 Å². The van der Waals surface area contributed by atoms with Gasteiger partial charge in [0.15, 0.2) is 6.61 Å². The monoisotopic (exact) mass is 486 g/mol. The van der Waals surface area contributed by atoms with Crippen LogP contribution in [0.5, 0.6) is 5.75 Å². The molecule has 3 amide bonds. The van der Waals surface area contributed by atoms with Gasteiger partial charge in [-0.05, 0) is 67.4 Å². The zero-order chi connectivity index (χ0) is 24.9. The van der Waals surface area contributed by atoms with E-state index in [1.165, 1.54) is 4.90 Å². The lowest BCUT2D eigenvalue weighted by atomic mass is 10.1. The first-order chi connectivity index (χ1) is 16.8. The first kappa shape index (κ1) is 24.3. The minimum Gasteiger partial charge on any atom is -0.483 e. The van der Waals surface area contributed by atoms with E-state index in [4.69, 9.17) is 4.74 Å². The van der Waals surface area contributed by atoms with Crippen LogP contribution in [0.1, 0.15) is 27.8 Å². The van der Waals surface area contributed by atoms with Gasteiger partial charge in [-0.25, -0.2) is 0 Å². The summed E-state index contributed by atoms with van der Waals surface area (Å²) in [6.45, 7) is 5.92. The second-order valence-corrected chi connectivity index (χ2v) is 9.38. The molecule has 1 saturated heterocycles. The molecule has 0 bridgehead atoms. The largest absolute Gasteiger partial charge is 0.483 e. The number of hydrogen-bond donors (Lipinski definition) is 1.